The zero-order valence-electron chi connectivity index (χ0n) is 14.4. The number of hydrogen-bond donors (Lipinski definition) is 3. The second kappa shape index (κ2) is 15.0. The molecule has 0 aliphatic rings. The van der Waals surface area contributed by atoms with Crippen molar-refractivity contribution < 1.29 is 10.2 Å². The van der Waals surface area contributed by atoms with Gasteiger partial charge in [-0.25, -0.2) is 0 Å². The molecule has 0 heterocycles. The maximum atomic E-state index is 9.55. The molecular weight excluding hydrogens is 274 g/mol. The Kier molecular flexibility index (Phi) is 14.4. The molecule has 0 saturated heterocycles. The smallest absolute Gasteiger partial charge is 0.0894 e. The average molecular weight is 309 g/mol. The van der Waals surface area contributed by atoms with Gasteiger partial charge in [-0.2, -0.15) is 0 Å². The van der Waals surface area contributed by atoms with Crippen molar-refractivity contribution in [2.45, 2.75) is 77.4 Å². The highest BCUT2D eigenvalue weighted by Crippen LogP contribution is 2.07. The Balaban J connectivity index is 3.73. The molecule has 22 heavy (non-hydrogen) atoms. The molecule has 0 amide bonds. The third-order valence-electron chi connectivity index (χ3n) is 3.64. The fraction of sp³-hybridized carbons (Fsp3) is 0.684. The van der Waals surface area contributed by atoms with Gasteiger partial charge in [0.25, 0.3) is 0 Å². The zero-order valence-corrected chi connectivity index (χ0v) is 14.4. The molecule has 0 aromatic carbocycles. The molecule has 2 unspecified atom stereocenters. The minimum atomic E-state index is -0.761. The summed E-state index contributed by atoms with van der Waals surface area (Å²) < 4.78 is 0. The van der Waals surface area contributed by atoms with E-state index in [-0.39, 0.29) is 6.61 Å². The highest BCUT2D eigenvalue weighted by atomic mass is 16.3. The van der Waals surface area contributed by atoms with Gasteiger partial charge in [0.15, 0.2) is 0 Å². The summed E-state index contributed by atoms with van der Waals surface area (Å²) >= 11 is 0. The Morgan fingerprint density at radius 1 is 1.05 bits per heavy atom. The summed E-state index contributed by atoms with van der Waals surface area (Å²) in [5, 5.41) is 18.4. The molecule has 0 aromatic heterocycles. The molecule has 0 aliphatic carbocycles. The minimum absolute atomic E-state index is 0.201. The monoisotopic (exact) mass is 309 g/mol. The van der Waals surface area contributed by atoms with E-state index >= 15 is 0 Å². The Hall–Kier alpha value is -0.900. The highest BCUT2D eigenvalue weighted by molar-refractivity contribution is 5.15. The van der Waals surface area contributed by atoms with Crippen LogP contribution in [0.1, 0.15) is 65.2 Å². The van der Waals surface area contributed by atoms with Crippen molar-refractivity contribution in [3.8, 4) is 0 Å². The first-order valence-electron chi connectivity index (χ1n) is 8.66. The molecule has 128 valence electrons. The van der Waals surface area contributed by atoms with Gasteiger partial charge in [0.1, 0.15) is 0 Å². The van der Waals surface area contributed by atoms with Crippen LogP contribution in [0.2, 0.25) is 0 Å². The summed E-state index contributed by atoms with van der Waals surface area (Å²) in [4.78, 5) is 0. The van der Waals surface area contributed by atoms with Crippen LogP contribution < -0.4 is 5.73 Å². The van der Waals surface area contributed by atoms with Gasteiger partial charge < -0.3 is 15.9 Å². The molecule has 3 heteroatoms. The lowest BCUT2D eigenvalue weighted by atomic mass is 10.1. The van der Waals surface area contributed by atoms with Gasteiger partial charge in [-0.15, -0.1) is 0 Å². The van der Waals surface area contributed by atoms with E-state index in [1.54, 1.807) is 6.08 Å². The van der Waals surface area contributed by atoms with E-state index < -0.39 is 12.1 Å². The SMILES string of the molecule is CCCCCCCC=CC(C)=CCCC=CC(O)C(N)CO. The van der Waals surface area contributed by atoms with E-state index in [2.05, 4.69) is 32.1 Å². The highest BCUT2D eigenvalue weighted by Gasteiger charge is 2.08. The van der Waals surface area contributed by atoms with E-state index in [9.17, 15) is 5.11 Å². The number of nitrogens with two attached hydrogens (primary N) is 1. The summed E-state index contributed by atoms with van der Waals surface area (Å²) in [6.45, 7) is 4.16. The lowest BCUT2D eigenvalue weighted by Crippen LogP contribution is -2.36. The fourth-order valence-electron chi connectivity index (χ4n) is 2.10. The quantitative estimate of drug-likeness (QED) is 0.275. The molecule has 3 nitrogen and oxygen atoms in total. The first kappa shape index (κ1) is 21.1. The third kappa shape index (κ3) is 12.8. The third-order valence-corrected chi connectivity index (χ3v) is 3.64. The maximum Gasteiger partial charge on any atom is 0.0894 e. The fourth-order valence-corrected chi connectivity index (χ4v) is 2.10. The molecular formula is C19H35NO2. The standard InChI is InChI=1S/C19H35NO2/c1-3-4-5-6-7-8-10-13-17(2)14-11-9-12-15-19(22)18(20)16-21/h10,12-15,18-19,21-22H,3-9,11,16,20H2,1-2H3. The van der Waals surface area contributed by atoms with Gasteiger partial charge in [0.2, 0.25) is 0 Å². The van der Waals surface area contributed by atoms with Crippen LogP contribution >= 0.6 is 0 Å². The lowest BCUT2D eigenvalue weighted by molar-refractivity contribution is 0.144. The predicted octanol–water partition coefficient (Wildman–Crippen LogP) is 3.87. The molecule has 0 radical (unpaired) electrons. The number of hydrogen-bond acceptors (Lipinski definition) is 3. The van der Waals surface area contributed by atoms with Crippen molar-refractivity contribution in [2.75, 3.05) is 6.61 Å². The molecule has 0 aliphatic heterocycles. The topological polar surface area (TPSA) is 66.5 Å². The van der Waals surface area contributed by atoms with Crippen LogP contribution in [0.3, 0.4) is 0 Å². The second-order valence-corrected chi connectivity index (χ2v) is 5.90. The summed E-state index contributed by atoms with van der Waals surface area (Å²) in [5.74, 6) is 0. The number of allylic oxidation sites excluding steroid dienone is 5. The van der Waals surface area contributed by atoms with Crippen LogP contribution in [-0.2, 0) is 0 Å². The molecule has 4 N–H and O–H groups in total. The maximum absolute atomic E-state index is 9.55. The van der Waals surface area contributed by atoms with Crippen LogP contribution in [-0.4, -0.2) is 29.0 Å². The van der Waals surface area contributed by atoms with E-state index in [0.717, 1.165) is 12.8 Å². The van der Waals surface area contributed by atoms with Gasteiger partial charge in [-0.05, 0) is 32.6 Å². The normalized spacial score (nSPS) is 15.8. The van der Waals surface area contributed by atoms with Crippen molar-refractivity contribution >= 4 is 0 Å². The second-order valence-electron chi connectivity index (χ2n) is 5.90. The van der Waals surface area contributed by atoms with Crippen molar-refractivity contribution in [3.05, 3.63) is 36.0 Å². The number of rotatable bonds is 13. The van der Waals surface area contributed by atoms with Gasteiger partial charge in [0, 0.05) is 0 Å². The van der Waals surface area contributed by atoms with Crippen LogP contribution in [0.15, 0.2) is 36.0 Å². The first-order valence-corrected chi connectivity index (χ1v) is 8.66. The molecule has 2 atom stereocenters. The van der Waals surface area contributed by atoms with Crippen molar-refractivity contribution in [2.24, 2.45) is 5.73 Å². The number of aliphatic hydroxyl groups excluding tert-OH is 2. The summed E-state index contributed by atoms with van der Waals surface area (Å²) in [6, 6.07) is -0.589. The molecule has 0 fully saturated rings. The van der Waals surface area contributed by atoms with Crippen molar-refractivity contribution in [3.63, 3.8) is 0 Å². The van der Waals surface area contributed by atoms with E-state index in [4.69, 9.17) is 10.8 Å². The van der Waals surface area contributed by atoms with Crippen molar-refractivity contribution in [1.82, 2.24) is 0 Å². The molecule has 0 rings (SSSR count). The van der Waals surface area contributed by atoms with E-state index in [0.29, 0.717) is 0 Å². The van der Waals surface area contributed by atoms with Crippen LogP contribution in [0.5, 0.6) is 0 Å². The van der Waals surface area contributed by atoms with Crippen LogP contribution in [0, 0.1) is 0 Å². The predicted molar refractivity (Wildman–Crippen MR) is 95.7 cm³/mol. The minimum Gasteiger partial charge on any atom is -0.395 e. The first-order chi connectivity index (χ1) is 10.6. The number of unbranched alkanes of at least 4 members (excludes halogenated alkanes) is 6. The van der Waals surface area contributed by atoms with Gasteiger partial charge >= 0.3 is 0 Å². The lowest BCUT2D eigenvalue weighted by Gasteiger charge is -2.11. The van der Waals surface area contributed by atoms with Gasteiger partial charge in [-0.1, -0.05) is 68.6 Å². The Bertz CT molecular complexity index is 334. The molecule has 0 aromatic rings. The number of aliphatic hydroxyl groups is 2. The summed E-state index contributed by atoms with van der Waals surface area (Å²) in [5.41, 5.74) is 6.80. The summed E-state index contributed by atoms with van der Waals surface area (Å²) in [6.07, 6.45) is 19.1. The summed E-state index contributed by atoms with van der Waals surface area (Å²) in [7, 11) is 0. The zero-order chi connectivity index (χ0) is 16.6. The van der Waals surface area contributed by atoms with E-state index in [1.807, 2.05) is 6.08 Å². The van der Waals surface area contributed by atoms with E-state index in [1.165, 1.54) is 44.1 Å². The van der Waals surface area contributed by atoms with Gasteiger partial charge in [-0.3, -0.25) is 0 Å². The Morgan fingerprint density at radius 2 is 1.77 bits per heavy atom. The molecule has 0 saturated carbocycles. The molecule has 0 bridgehead atoms. The Morgan fingerprint density at radius 3 is 2.45 bits per heavy atom. The van der Waals surface area contributed by atoms with Gasteiger partial charge in [0.05, 0.1) is 18.8 Å². The van der Waals surface area contributed by atoms with Crippen molar-refractivity contribution in [1.29, 1.82) is 0 Å². The molecule has 0 spiro atoms. The average Bonchev–Trinajstić information content (AvgIpc) is 2.52. The Labute approximate surface area is 136 Å². The van der Waals surface area contributed by atoms with Crippen LogP contribution in [0.25, 0.3) is 0 Å². The van der Waals surface area contributed by atoms with Crippen LogP contribution in [0.4, 0.5) is 0 Å². The largest absolute Gasteiger partial charge is 0.395 e.